The SMILES string of the molecule is CCCN(C(=O)Cc1ccccc1[N+](=O)[O-])C1CCNC1.Cl. The summed E-state index contributed by atoms with van der Waals surface area (Å²) in [6.45, 7) is 4.46. The highest BCUT2D eigenvalue weighted by Gasteiger charge is 2.27. The molecule has 7 heteroatoms. The molecule has 1 atom stereocenters. The summed E-state index contributed by atoms with van der Waals surface area (Å²) in [6, 6.07) is 6.67. The number of halogens is 1. The summed E-state index contributed by atoms with van der Waals surface area (Å²) in [7, 11) is 0. The van der Waals surface area contributed by atoms with Gasteiger partial charge in [-0.25, -0.2) is 0 Å². The van der Waals surface area contributed by atoms with Gasteiger partial charge in [0.05, 0.1) is 11.3 Å². The quantitative estimate of drug-likeness (QED) is 0.641. The first-order valence-corrected chi connectivity index (χ1v) is 7.36. The number of nitro groups is 1. The largest absolute Gasteiger partial charge is 0.338 e. The number of benzene rings is 1. The van der Waals surface area contributed by atoms with Crippen molar-refractivity contribution in [1.29, 1.82) is 0 Å². The number of nitrogens with zero attached hydrogens (tertiary/aromatic N) is 2. The molecule has 1 N–H and O–H groups in total. The maximum Gasteiger partial charge on any atom is 0.273 e. The van der Waals surface area contributed by atoms with Crippen LogP contribution in [-0.4, -0.2) is 41.4 Å². The fourth-order valence-corrected chi connectivity index (χ4v) is 2.76. The highest BCUT2D eigenvalue weighted by atomic mass is 35.5. The zero-order chi connectivity index (χ0) is 15.2. The van der Waals surface area contributed by atoms with Gasteiger partial charge in [0, 0.05) is 30.8 Å². The molecule has 1 aliphatic heterocycles. The Kier molecular flexibility index (Phi) is 7.27. The van der Waals surface area contributed by atoms with Gasteiger partial charge in [-0.15, -0.1) is 12.4 Å². The number of nitro benzene ring substituents is 1. The number of carbonyl (C=O) groups excluding carboxylic acids is 1. The van der Waals surface area contributed by atoms with E-state index in [1.807, 2.05) is 11.8 Å². The van der Waals surface area contributed by atoms with E-state index in [0.717, 1.165) is 25.9 Å². The summed E-state index contributed by atoms with van der Waals surface area (Å²) < 4.78 is 0. The lowest BCUT2D eigenvalue weighted by Gasteiger charge is -2.28. The van der Waals surface area contributed by atoms with E-state index in [-0.39, 0.29) is 36.5 Å². The van der Waals surface area contributed by atoms with Gasteiger partial charge in [-0.3, -0.25) is 14.9 Å². The smallest absolute Gasteiger partial charge is 0.273 e. The normalized spacial score (nSPS) is 16.9. The van der Waals surface area contributed by atoms with Crippen molar-refractivity contribution in [2.45, 2.75) is 32.2 Å². The zero-order valence-electron chi connectivity index (χ0n) is 12.7. The molecule has 1 heterocycles. The summed E-state index contributed by atoms with van der Waals surface area (Å²) >= 11 is 0. The van der Waals surface area contributed by atoms with E-state index in [4.69, 9.17) is 0 Å². The first kappa shape index (κ1) is 18.4. The average Bonchev–Trinajstić information content (AvgIpc) is 2.98. The molecule has 1 aromatic carbocycles. The Hall–Kier alpha value is -1.66. The van der Waals surface area contributed by atoms with Crippen molar-refractivity contribution in [2.75, 3.05) is 19.6 Å². The standard InChI is InChI=1S/C15H21N3O3.ClH/c1-2-9-17(13-7-8-16-11-13)15(19)10-12-5-3-4-6-14(12)18(20)21;/h3-6,13,16H,2,7-11H2,1H3;1H. The molecule has 2 rings (SSSR count). The lowest BCUT2D eigenvalue weighted by molar-refractivity contribution is -0.385. The maximum absolute atomic E-state index is 12.5. The monoisotopic (exact) mass is 327 g/mol. The molecule has 0 aliphatic carbocycles. The van der Waals surface area contributed by atoms with Crippen molar-refractivity contribution in [3.8, 4) is 0 Å². The van der Waals surface area contributed by atoms with Crippen LogP contribution in [0.25, 0.3) is 0 Å². The highest BCUT2D eigenvalue weighted by Crippen LogP contribution is 2.20. The second kappa shape index (κ2) is 8.70. The van der Waals surface area contributed by atoms with E-state index in [9.17, 15) is 14.9 Å². The predicted octanol–water partition coefficient (Wildman–Crippen LogP) is 2.16. The number of hydrogen-bond acceptors (Lipinski definition) is 4. The van der Waals surface area contributed by atoms with Crippen LogP contribution in [0.15, 0.2) is 24.3 Å². The molecule has 0 aromatic heterocycles. The van der Waals surface area contributed by atoms with Gasteiger partial charge in [0.2, 0.25) is 5.91 Å². The average molecular weight is 328 g/mol. The number of carbonyl (C=O) groups is 1. The summed E-state index contributed by atoms with van der Waals surface area (Å²) in [6.07, 6.45) is 1.93. The molecule has 122 valence electrons. The van der Waals surface area contributed by atoms with Gasteiger partial charge in [0.15, 0.2) is 0 Å². The van der Waals surface area contributed by atoms with Gasteiger partial charge >= 0.3 is 0 Å². The van der Waals surface area contributed by atoms with Crippen molar-refractivity contribution in [3.63, 3.8) is 0 Å². The fraction of sp³-hybridized carbons (Fsp3) is 0.533. The van der Waals surface area contributed by atoms with Crippen LogP contribution in [0.1, 0.15) is 25.3 Å². The Balaban J connectivity index is 0.00000242. The molecule has 1 aromatic rings. The van der Waals surface area contributed by atoms with Crippen molar-refractivity contribution in [3.05, 3.63) is 39.9 Å². The van der Waals surface area contributed by atoms with E-state index in [1.54, 1.807) is 18.2 Å². The topological polar surface area (TPSA) is 75.5 Å². The summed E-state index contributed by atoms with van der Waals surface area (Å²) in [4.78, 5) is 25.0. The second-order valence-electron chi connectivity index (χ2n) is 5.30. The molecule has 1 fully saturated rings. The van der Waals surface area contributed by atoms with Crippen LogP contribution in [-0.2, 0) is 11.2 Å². The van der Waals surface area contributed by atoms with Crippen molar-refractivity contribution < 1.29 is 9.72 Å². The molecule has 0 saturated carbocycles. The molecular weight excluding hydrogens is 306 g/mol. The van der Waals surface area contributed by atoms with E-state index in [1.165, 1.54) is 6.07 Å². The van der Waals surface area contributed by atoms with Crippen LogP contribution in [0.4, 0.5) is 5.69 Å². The van der Waals surface area contributed by atoms with Crippen LogP contribution < -0.4 is 5.32 Å². The first-order chi connectivity index (χ1) is 10.1. The number of hydrogen-bond donors (Lipinski definition) is 1. The van der Waals surface area contributed by atoms with E-state index >= 15 is 0 Å². The Labute approximate surface area is 136 Å². The molecule has 0 spiro atoms. The van der Waals surface area contributed by atoms with Crippen LogP contribution in [0.5, 0.6) is 0 Å². The van der Waals surface area contributed by atoms with Gasteiger partial charge in [-0.2, -0.15) is 0 Å². The molecule has 0 radical (unpaired) electrons. The van der Waals surface area contributed by atoms with Crippen LogP contribution in [0.2, 0.25) is 0 Å². The van der Waals surface area contributed by atoms with E-state index < -0.39 is 4.92 Å². The number of nitrogens with one attached hydrogen (secondary N) is 1. The van der Waals surface area contributed by atoms with Crippen molar-refractivity contribution in [2.24, 2.45) is 0 Å². The summed E-state index contributed by atoms with van der Waals surface area (Å²) in [5.74, 6) is -0.0279. The molecule has 0 bridgehead atoms. The fourth-order valence-electron chi connectivity index (χ4n) is 2.76. The lowest BCUT2D eigenvalue weighted by atomic mass is 10.1. The number of rotatable bonds is 6. The van der Waals surface area contributed by atoms with Crippen LogP contribution in [0, 0.1) is 10.1 Å². The van der Waals surface area contributed by atoms with Gasteiger partial charge in [-0.1, -0.05) is 25.1 Å². The van der Waals surface area contributed by atoms with Crippen LogP contribution in [0.3, 0.4) is 0 Å². The minimum absolute atomic E-state index is 0. The van der Waals surface area contributed by atoms with E-state index in [0.29, 0.717) is 12.1 Å². The molecule has 1 aliphatic rings. The Morgan fingerprint density at radius 1 is 1.45 bits per heavy atom. The summed E-state index contributed by atoms with van der Waals surface area (Å²) in [5, 5.41) is 14.3. The van der Waals surface area contributed by atoms with Gasteiger partial charge in [0.25, 0.3) is 5.69 Å². The Morgan fingerprint density at radius 2 is 2.18 bits per heavy atom. The molecule has 1 unspecified atom stereocenters. The molecule has 6 nitrogen and oxygen atoms in total. The van der Waals surface area contributed by atoms with Gasteiger partial charge < -0.3 is 10.2 Å². The summed E-state index contributed by atoms with van der Waals surface area (Å²) in [5.41, 5.74) is 0.506. The zero-order valence-corrected chi connectivity index (χ0v) is 13.5. The Morgan fingerprint density at radius 3 is 2.77 bits per heavy atom. The number of para-hydroxylation sites is 1. The minimum Gasteiger partial charge on any atom is -0.338 e. The lowest BCUT2D eigenvalue weighted by Crippen LogP contribution is -2.42. The Bertz CT molecular complexity index is 519. The molecular formula is C15H22ClN3O3. The van der Waals surface area contributed by atoms with Gasteiger partial charge in [-0.05, 0) is 19.4 Å². The van der Waals surface area contributed by atoms with Gasteiger partial charge in [0.1, 0.15) is 0 Å². The van der Waals surface area contributed by atoms with E-state index in [2.05, 4.69) is 5.32 Å². The third kappa shape index (κ3) is 4.42. The predicted molar refractivity (Wildman–Crippen MR) is 87.3 cm³/mol. The highest BCUT2D eigenvalue weighted by molar-refractivity contribution is 5.85. The molecule has 22 heavy (non-hydrogen) atoms. The minimum atomic E-state index is -0.427. The van der Waals surface area contributed by atoms with Crippen molar-refractivity contribution >= 4 is 24.0 Å². The molecule has 1 amide bonds. The van der Waals surface area contributed by atoms with Crippen molar-refractivity contribution in [1.82, 2.24) is 10.2 Å². The molecule has 1 saturated heterocycles. The van der Waals surface area contributed by atoms with Crippen LogP contribution >= 0.6 is 12.4 Å². The maximum atomic E-state index is 12.5. The third-order valence-corrected chi connectivity index (χ3v) is 3.79. The number of amides is 1. The second-order valence-corrected chi connectivity index (χ2v) is 5.30. The first-order valence-electron chi connectivity index (χ1n) is 7.36. The third-order valence-electron chi connectivity index (χ3n) is 3.79.